The number of nitrogens with zero attached hydrogens (tertiary/aromatic N) is 1. The first-order valence-electron chi connectivity index (χ1n) is 10.3. The Morgan fingerprint density at radius 2 is 1.64 bits per heavy atom. The van der Waals surface area contributed by atoms with Crippen LogP contribution in [0.25, 0.3) is 10.8 Å². The Morgan fingerprint density at radius 3 is 2.33 bits per heavy atom. The van der Waals surface area contributed by atoms with Gasteiger partial charge in [0.25, 0.3) is 11.8 Å². The maximum Gasteiger partial charge on any atom is 0.266 e. The third-order valence-electron chi connectivity index (χ3n) is 5.00. The van der Waals surface area contributed by atoms with Crippen LogP contribution in [0, 0.1) is 6.92 Å². The fourth-order valence-electron chi connectivity index (χ4n) is 3.33. The van der Waals surface area contributed by atoms with Crippen LogP contribution in [-0.4, -0.2) is 30.2 Å². The minimum Gasteiger partial charge on any atom is -0.495 e. The fraction of sp³-hybridized carbons (Fsp3) is 0.160. The quantitative estimate of drug-likeness (QED) is 0.423. The molecule has 1 heterocycles. The second kappa shape index (κ2) is 9.44. The van der Waals surface area contributed by atoms with Crippen LogP contribution in [0.1, 0.15) is 23.0 Å². The molecule has 0 unspecified atom stereocenters. The predicted molar refractivity (Wildman–Crippen MR) is 125 cm³/mol. The fourth-order valence-corrected chi connectivity index (χ4v) is 3.33. The maximum atomic E-state index is 13.2. The normalized spacial score (nSPS) is 11.6. The molecule has 1 aromatic heterocycles. The van der Waals surface area contributed by atoms with Crippen molar-refractivity contribution in [2.45, 2.75) is 20.0 Å². The van der Waals surface area contributed by atoms with Gasteiger partial charge in [-0.05, 0) is 48.9 Å². The van der Waals surface area contributed by atoms with Crippen LogP contribution in [0.4, 0.5) is 11.5 Å². The number of para-hydroxylation sites is 2. The molecule has 0 aliphatic carbocycles. The van der Waals surface area contributed by atoms with E-state index in [9.17, 15) is 9.59 Å². The summed E-state index contributed by atoms with van der Waals surface area (Å²) in [6.07, 6.45) is -0.902. The van der Waals surface area contributed by atoms with Gasteiger partial charge in [0.15, 0.2) is 11.9 Å². The molecule has 0 bridgehead atoms. The Kier molecular flexibility index (Phi) is 6.26. The first kappa shape index (κ1) is 21.9. The molecule has 3 aromatic carbocycles. The van der Waals surface area contributed by atoms with Gasteiger partial charge in [-0.1, -0.05) is 41.6 Å². The molecule has 2 N–H and O–H groups in total. The molecule has 0 saturated carbocycles. The van der Waals surface area contributed by atoms with E-state index >= 15 is 0 Å². The number of aromatic nitrogens is 1. The molecule has 0 saturated heterocycles. The highest BCUT2D eigenvalue weighted by atomic mass is 16.5. The highest BCUT2D eigenvalue weighted by molar-refractivity contribution is 6.09. The summed E-state index contributed by atoms with van der Waals surface area (Å²) >= 11 is 0. The van der Waals surface area contributed by atoms with Gasteiger partial charge in [0, 0.05) is 6.07 Å². The molecule has 4 aromatic rings. The van der Waals surface area contributed by atoms with Gasteiger partial charge in [-0.15, -0.1) is 0 Å². The summed E-state index contributed by atoms with van der Waals surface area (Å²) in [6.45, 7) is 3.32. The lowest BCUT2D eigenvalue weighted by atomic mass is 10.0. The largest absolute Gasteiger partial charge is 0.495 e. The van der Waals surface area contributed by atoms with Crippen LogP contribution in [0.5, 0.6) is 11.5 Å². The van der Waals surface area contributed by atoms with E-state index in [4.69, 9.17) is 14.0 Å². The van der Waals surface area contributed by atoms with Crippen LogP contribution in [0.3, 0.4) is 0 Å². The lowest BCUT2D eigenvalue weighted by molar-refractivity contribution is -0.122. The molecule has 4 rings (SSSR count). The minimum atomic E-state index is -0.902. The molecular formula is C25H23N3O5. The first-order chi connectivity index (χ1) is 15.9. The van der Waals surface area contributed by atoms with Crippen LogP contribution < -0.4 is 20.1 Å². The topological polar surface area (TPSA) is 103 Å². The summed E-state index contributed by atoms with van der Waals surface area (Å²) in [7, 11) is 1.53. The monoisotopic (exact) mass is 445 g/mol. The molecule has 8 nitrogen and oxygen atoms in total. The Bertz CT molecular complexity index is 1310. The van der Waals surface area contributed by atoms with E-state index < -0.39 is 12.0 Å². The van der Waals surface area contributed by atoms with E-state index in [0.717, 1.165) is 10.8 Å². The van der Waals surface area contributed by atoms with Crippen molar-refractivity contribution in [2.24, 2.45) is 0 Å². The molecular weight excluding hydrogens is 422 g/mol. The number of carbonyl (C=O) groups is 2. The van der Waals surface area contributed by atoms with E-state index in [-0.39, 0.29) is 17.2 Å². The number of ether oxygens (including phenoxy) is 2. The molecule has 0 spiro atoms. The summed E-state index contributed by atoms with van der Waals surface area (Å²) in [6, 6.07) is 19.8. The van der Waals surface area contributed by atoms with E-state index in [0.29, 0.717) is 23.0 Å². The van der Waals surface area contributed by atoms with Gasteiger partial charge in [0.1, 0.15) is 17.3 Å². The Labute approximate surface area is 190 Å². The summed E-state index contributed by atoms with van der Waals surface area (Å²) in [5.74, 6) is 0.863. The lowest BCUT2D eigenvalue weighted by Gasteiger charge is -2.18. The summed E-state index contributed by atoms with van der Waals surface area (Å²) in [5, 5.41) is 11.0. The standard InChI is InChI=1S/C25H23N3O5/c1-15-12-23(28-33-15)27-24(29)16(2)32-22-14-18-9-5-4-8-17(18)13-19(22)25(30)26-20-10-6-7-11-21(20)31-3/h4-14,16H,1-3H3,(H,26,30)(H,27,28,29)/t16-/m0/s1. The van der Waals surface area contributed by atoms with Gasteiger partial charge >= 0.3 is 0 Å². The lowest BCUT2D eigenvalue weighted by Crippen LogP contribution is -2.31. The van der Waals surface area contributed by atoms with Gasteiger partial charge in [-0.3, -0.25) is 9.59 Å². The maximum absolute atomic E-state index is 13.2. The SMILES string of the molecule is COc1ccccc1NC(=O)c1cc2ccccc2cc1O[C@@H](C)C(=O)Nc1cc(C)on1. The van der Waals surface area contributed by atoms with E-state index in [1.54, 1.807) is 50.2 Å². The van der Waals surface area contributed by atoms with Crippen LogP contribution >= 0.6 is 0 Å². The second-order valence-electron chi connectivity index (χ2n) is 7.42. The van der Waals surface area contributed by atoms with E-state index in [2.05, 4.69) is 15.8 Å². The summed E-state index contributed by atoms with van der Waals surface area (Å²) in [5.41, 5.74) is 0.813. The number of anilines is 2. The van der Waals surface area contributed by atoms with Gasteiger partial charge in [-0.2, -0.15) is 0 Å². The second-order valence-corrected chi connectivity index (χ2v) is 7.42. The number of hydrogen-bond donors (Lipinski definition) is 2. The molecule has 1 atom stereocenters. The van der Waals surface area contributed by atoms with Gasteiger partial charge in [0.05, 0.1) is 18.4 Å². The zero-order valence-electron chi connectivity index (χ0n) is 18.4. The molecule has 0 fully saturated rings. The van der Waals surface area contributed by atoms with Crippen LogP contribution in [0.15, 0.2) is 71.3 Å². The van der Waals surface area contributed by atoms with E-state index in [1.165, 1.54) is 7.11 Å². The van der Waals surface area contributed by atoms with Crippen molar-refractivity contribution in [3.05, 3.63) is 78.1 Å². The number of nitrogens with one attached hydrogen (secondary N) is 2. The van der Waals surface area contributed by atoms with Crippen molar-refractivity contribution >= 4 is 34.1 Å². The number of methoxy groups -OCH3 is 1. The Balaban J connectivity index is 1.62. The predicted octanol–water partition coefficient (Wildman–Crippen LogP) is 4.80. The van der Waals surface area contributed by atoms with Crippen LogP contribution in [0.2, 0.25) is 0 Å². The molecule has 0 aliphatic rings. The number of aryl methyl sites for hydroxylation is 1. The summed E-state index contributed by atoms with van der Waals surface area (Å²) in [4.78, 5) is 25.8. The average Bonchev–Trinajstić information content (AvgIpc) is 3.23. The van der Waals surface area contributed by atoms with E-state index in [1.807, 2.05) is 30.3 Å². The highest BCUT2D eigenvalue weighted by Crippen LogP contribution is 2.30. The smallest absolute Gasteiger partial charge is 0.266 e. The van der Waals surface area contributed by atoms with Crippen molar-refractivity contribution in [1.29, 1.82) is 0 Å². The Morgan fingerprint density at radius 1 is 0.939 bits per heavy atom. The zero-order chi connectivity index (χ0) is 23.4. The van der Waals surface area contributed by atoms with Gasteiger partial charge in [0.2, 0.25) is 0 Å². The molecule has 168 valence electrons. The third kappa shape index (κ3) is 4.95. The molecule has 0 aliphatic heterocycles. The number of benzene rings is 3. The van der Waals surface area contributed by atoms with Crippen molar-refractivity contribution in [3.8, 4) is 11.5 Å². The van der Waals surface area contributed by atoms with Crippen molar-refractivity contribution < 1.29 is 23.6 Å². The number of hydrogen-bond acceptors (Lipinski definition) is 6. The zero-order valence-corrected chi connectivity index (χ0v) is 18.4. The number of amides is 2. The molecule has 2 amide bonds. The summed E-state index contributed by atoms with van der Waals surface area (Å²) < 4.78 is 16.2. The van der Waals surface area contributed by atoms with Crippen molar-refractivity contribution in [3.63, 3.8) is 0 Å². The number of rotatable bonds is 7. The van der Waals surface area contributed by atoms with Gasteiger partial charge < -0.3 is 24.6 Å². The van der Waals surface area contributed by atoms with Crippen molar-refractivity contribution in [1.82, 2.24) is 5.16 Å². The van der Waals surface area contributed by atoms with Crippen molar-refractivity contribution in [2.75, 3.05) is 17.7 Å². The molecule has 8 heteroatoms. The highest BCUT2D eigenvalue weighted by Gasteiger charge is 2.21. The van der Waals surface area contributed by atoms with Crippen LogP contribution in [-0.2, 0) is 4.79 Å². The molecule has 0 radical (unpaired) electrons. The number of fused-ring (bicyclic) bond motifs is 1. The molecule has 33 heavy (non-hydrogen) atoms. The average molecular weight is 445 g/mol. The Hall–Kier alpha value is -4.33. The minimum absolute atomic E-state index is 0.278. The third-order valence-corrected chi connectivity index (χ3v) is 5.00. The number of carbonyl (C=O) groups excluding carboxylic acids is 2. The first-order valence-corrected chi connectivity index (χ1v) is 10.3. The van der Waals surface area contributed by atoms with Gasteiger partial charge in [-0.25, -0.2) is 0 Å².